The average Bonchev–Trinajstić information content (AvgIpc) is 2.63. The van der Waals surface area contributed by atoms with Crippen LogP contribution in [0.2, 0.25) is 0 Å². The maximum atomic E-state index is 14.5. The van der Waals surface area contributed by atoms with Crippen LogP contribution in [0.3, 0.4) is 0 Å². The molecule has 0 N–H and O–H groups in total. The molecule has 2 heteroatoms. The van der Waals surface area contributed by atoms with E-state index in [-0.39, 0.29) is 0 Å². The van der Waals surface area contributed by atoms with Crippen LogP contribution in [0.15, 0.2) is 37.0 Å². The van der Waals surface area contributed by atoms with Gasteiger partial charge in [0.25, 0.3) is 0 Å². The smallest absolute Gasteiger partial charge is 0.151 e. The van der Waals surface area contributed by atoms with Crippen LogP contribution < -0.4 is 0 Å². The van der Waals surface area contributed by atoms with E-state index in [0.717, 1.165) is 30.6 Å². The maximum absolute atomic E-state index is 14.5. The molecule has 0 aliphatic heterocycles. The molecule has 1 nitrogen and oxygen atoms in total. The molecule has 3 aliphatic rings. The van der Waals surface area contributed by atoms with E-state index in [4.69, 9.17) is 4.74 Å². The lowest BCUT2D eigenvalue weighted by molar-refractivity contribution is -0.0769. The van der Waals surface area contributed by atoms with Crippen LogP contribution in [0.5, 0.6) is 0 Å². The minimum atomic E-state index is -1.01. The third-order valence-electron chi connectivity index (χ3n) is 6.76. The summed E-state index contributed by atoms with van der Waals surface area (Å²) in [4.78, 5) is 0. The molecule has 0 radical (unpaired) electrons. The number of methoxy groups -OCH3 is 1. The van der Waals surface area contributed by atoms with E-state index in [9.17, 15) is 4.39 Å². The number of rotatable bonds is 4. The van der Waals surface area contributed by atoms with Crippen molar-refractivity contribution in [2.24, 2.45) is 23.7 Å². The molecule has 3 rings (SSSR count). The van der Waals surface area contributed by atoms with Gasteiger partial charge in [-0.15, -0.1) is 6.58 Å². The number of allylic oxidation sites excluding steroid dienone is 3. The van der Waals surface area contributed by atoms with Crippen molar-refractivity contribution >= 4 is 0 Å². The van der Waals surface area contributed by atoms with Crippen LogP contribution >= 0.6 is 0 Å². The number of ether oxygens (including phenoxy) is 1. The normalized spacial score (nSPS) is 44.2. The number of hydrogen-bond acceptors (Lipinski definition) is 1. The predicted octanol–water partition coefficient (Wildman–Crippen LogP) is 5.63. The van der Waals surface area contributed by atoms with Gasteiger partial charge in [0.1, 0.15) is 5.60 Å². The lowest BCUT2D eigenvalue weighted by Gasteiger charge is -2.45. The van der Waals surface area contributed by atoms with Gasteiger partial charge in [0.15, 0.2) is 6.17 Å². The molecular formula is C21H31FO. The zero-order valence-electron chi connectivity index (χ0n) is 14.4. The second-order valence-electron chi connectivity index (χ2n) is 7.73. The first-order valence-electron chi connectivity index (χ1n) is 9.37. The van der Waals surface area contributed by atoms with Crippen molar-refractivity contribution in [1.82, 2.24) is 0 Å². The Kier molecular flexibility index (Phi) is 5.41. The minimum Gasteiger partial charge on any atom is -0.370 e. The Morgan fingerprint density at radius 3 is 2.13 bits per heavy atom. The van der Waals surface area contributed by atoms with Gasteiger partial charge in [-0.2, -0.15) is 0 Å². The van der Waals surface area contributed by atoms with Gasteiger partial charge in [-0.25, -0.2) is 4.39 Å². The summed E-state index contributed by atoms with van der Waals surface area (Å²) in [7, 11) is 1.67. The molecule has 23 heavy (non-hydrogen) atoms. The molecule has 0 aromatic carbocycles. The van der Waals surface area contributed by atoms with E-state index in [0.29, 0.717) is 5.92 Å². The zero-order valence-corrected chi connectivity index (χ0v) is 14.4. The highest BCUT2D eigenvalue weighted by Crippen LogP contribution is 2.46. The molecule has 0 saturated heterocycles. The van der Waals surface area contributed by atoms with Crippen LogP contribution in [0.25, 0.3) is 0 Å². The fraction of sp³-hybridized carbons (Fsp3) is 0.714. The average molecular weight is 318 g/mol. The number of hydrogen-bond donors (Lipinski definition) is 0. The van der Waals surface area contributed by atoms with E-state index in [1.54, 1.807) is 19.3 Å². The topological polar surface area (TPSA) is 9.23 Å². The summed E-state index contributed by atoms with van der Waals surface area (Å²) in [5.74, 6) is 2.77. The van der Waals surface area contributed by atoms with E-state index in [2.05, 4.69) is 12.7 Å². The van der Waals surface area contributed by atoms with Gasteiger partial charge in [-0.05, 0) is 87.2 Å². The van der Waals surface area contributed by atoms with Crippen molar-refractivity contribution in [3.05, 3.63) is 37.0 Å². The lowest BCUT2D eigenvalue weighted by Crippen LogP contribution is -2.48. The standard InChI is InChI=1S/C21H31FO/c1-3-16-7-9-17(10-8-16)18-11-13-19(14-12-18)21(23-2)15-5-4-6-20(21)22/h3-6,15-20H,1,7-14H2,2H3. The summed E-state index contributed by atoms with van der Waals surface area (Å²) in [6.45, 7) is 3.95. The van der Waals surface area contributed by atoms with Gasteiger partial charge >= 0.3 is 0 Å². The summed E-state index contributed by atoms with van der Waals surface area (Å²) >= 11 is 0. The summed E-state index contributed by atoms with van der Waals surface area (Å²) in [5, 5.41) is 0. The van der Waals surface area contributed by atoms with Crippen LogP contribution in [-0.2, 0) is 4.74 Å². The molecule has 2 fully saturated rings. The van der Waals surface area contributed by atoms with Crippen molar-refractivity contribution in [1.29, 1.82) is 0 Å². The van der Waals surface area contributed by atoms with Gasteiger partial charge in [0, 0.05) is 7.11 Å². The predicted molar refractivity (Wildman–Crippen MR) is 94.0 cm³/mol. The molecule has 0 heterocycles. The van der Waals surface area contributed by atoms with Gasteiger partial charge in [0.2, 0.25) is 0 Å². The summed E-state index contributed by atoms with van der Waals surface area (Å²) < 4.78 is 20.3. The van der Waals surface area contributed by atoms with Crippen LogP contribution in [0, 0.1) is 23.7 Å². The highest BCUT2D eigenvalue weighted by Gasteiger charge is 2.46. The third kappa shape index (κ3) is 3.33. The zero-order chi connectivity index (χ0) is 16.3. The molecule has 0 aromatic heterocycles. The van der Waals surface area contributed by atoms with E-state index < -0.39 is 11.8 Å². The van der Waals surface area contributed by atoms with Crippen LogP contribution in [0.1, 0.15) is 51.4 Å². The second kappa shape index (κ2) is 7.34. The Hall–Kier alpha value is -0.890. The van der Waals surface area contributed by atoms with E-state index in [1.807, 2.05) is 12.2 Å². The quantitative estimate of drug-likeness (QED) is 0.610. The van der Waals surface area contributed by atoms with Crippen molar-refractivity contribution in [3.8, 4) is 0 Å². The van der Waals surface area contributed by atoms with Gasteiger partial charge in [0.05, 0.1) is 0 Å². The fourth-order valence-electron chi connectivity index (χ4n) is 5.21. The van der Waals surface area contributed by atoms with Crippen molar-refractivity contribution in [3.63, 3.8) is 0 Å². The van der Waals surface area contributed by atoms with Gasteiger partial charge in [-0.3, -0.25) is 0 Å². The molecule has 128 valence electrons. The Bertz CT molecular complexity index is 452. The highest BCUT2D eigenvalue weighted by molar-refractivity contribution is 5.25. The van der Waals surface area contributed by atoms with Crippen LogP contribution in [-0.4, -0.2) is 18.9 Å². The molecular weight excluding hydrogens is 287 g/mol. The van der Waals surface area contributed by atoms with Crippen molar-refractivity contribution < 1.29 is 9.13 Å². The summed E-state index contributed by atoms with van der Waals surface area (Å²) in [6, 6.07) is 0. The SMILES string of the molecule is C=CC1CCC(C2CCC(C3(OC)C=CC=CC3F)CC2)CC1. The first-order chi connectivity index (χ1) is 11.2. The molecule has 2 unspecified atom stereocenters. The van der Waals surface area contributed by atoms with Gasteiger partial charge in [-0.1, -0.05) is 18.2 Å². The van der Waals surface area contributed by atoms with E-state index >= 15 is 0 Å². The Morgan fingerprint density at radius 2 is 1.61 bits per heavy atom. The minimum absolute atomic E-state index is 0.310. The Morgan fingerprint density at radius 1 is 1.00 bits per heavy atom. The Labute approximate surface area is 140 Å². The molecule has 2 saturated carbocycles. The molecule has 0 amide bonds. The fourth-order valence-corrected chi connectivity index (χ4v) is 5.21. The lowest BCUT2D eigenvalue weighted by atomic mass is 9.65. The first kappa shape index (κ1) is 17.0. The number of alkyl halides is 1. The molecule has 0 spiro atoms. The molecule has 2 atom stereocenters. The van der Waals surface area contributed by atoms with Crippen molar-refractivity contribution in [2.45, 2.75) is 63.1 Å². The maximum Gasteiger partial charge on any atom is 0.151 e. The summed E-state index contributed by atoms with van der Waals surface area (Å²) in [6.07, 6.45) is 18.5. The Balaban J connectivity index is 1.57. The molecule has 0 bridgehead atoms. The first-order valence-corrected chi connectivity index (χ1v) is 9.37. The van der Waals surface area contributed by atoms with Crippen molar-refractivity contribution in [2.75, 3.05) is 7.11 Å². The second-order valence-corrected chi connectivity index (χ2v) is 7.73. The number of halogens is 1. The van der Waals surface area contributed by atoms with Crippen LogP contribution in [0.4, 0.5) is 4.39 Å². The molecule has 3 aliphatic carbocycles. The largest absolute Gasteiger partial charge is 0.370 e. The third-order valence-corrected chi connectivity index (χ3v) is 6.76. The highest BCUT2D eigenvalue weighted by atomic mass is 19.1. The monoisotopic (exact) mass is 318 g/mol. The van der Waals surface area contributed by atoms with Gasteiger partial charge < -0.3 is 4.74 Å². The van der Waals surface area contributed by atoms with E-state index in [1.165, 1.54) is 38.5 Å². The molecule has 0 aromatic rings. The summed E-state index contributed by atoms with van der Waals surface area (Å²) in [5.41, 5.74) is -0.722.